The molecular weight excluding hydrogens is 287 g/mol. The summed E-state index contributed by atoms with van der Waals surface area (Å²) < 4.78 is 37.8. The van der Waals surface area contributed by atoms with Gasteiger partial charge in [-0.15, -0.1) is 0 Å². The third-order valence-corrected chi connectivity index (χ3v) is 3.73. The Balaban J connectivity index is 2.05. The highest BCUT2D eigenvalue weighted by atomic mass is 19.4. The molecule has 4 nitrogen and oxygen atoms in total. The summed E-state index contributed by atoms with van der Waals surface area (Å²) in [7, 11) is 0. The molecule has 0 saturated carbocycles. The molecule has 1 aromatic carbocycles. The van der Waals surface area contributed by atoms with Gasteiger partial charge in [0.25, 0.3) is 5.91 Å². The van der Waals surface area contributed by atoms with Crippen LogP contribution >= 0.6 is 0 Å². The van der Waals surface area contributed by atoms with E-state index in [1.165, 1.54) is 17.0 Å². The third-order valence-electron chi connectivity index (χ3n) is 3.73. The van der Waals surface area contributed by atoms with Crippen LogP contribution in [0.25, 0.3) is 0 Å². The molecular formula is C14H14F3NO3. The molecule has 0 spiro atoms. The Morgan fingerprint density at radius 2 is 1.95 bits per heavy atom. The van der Waals surface area contributed by atoms with E-state index in [1.807, 2.05) is 0 Å². The third kappa shape index (κ3) is 3.17. The maximum atomic E-state index is 12.6. The van der Waals surface area contributed by atoms with Crippen LogP contribution in [0.15, 0.2) is 24.3 Å². The number of carbonyl (C=O) groups is 2. The highest BCUT2D eigenvalue weighted by molar-refractivity contribution is 5.95. The molecule has 0 bridgehead atoms. The monoisotopic (exact) mass is 301 g/mol. The van der Waals surface area contributed by atoms with Gasteiger partial charge in [0, 0.05) is 24.6 Å². The van der Waals surface area contributed by atoms with Gasteiger partial charge < -0.3 is 10.0 Å². The van der Waals surface area contributed by atoms with E-state index < -0.39 is 29.5 Å². The number of alkyl halides is 3. The van der Waals surface area contributed by atoms with E-state index in [1.54, 1.807) is 6.92 Å². The van der Waals surface area contributed by atoms with Crippen LogP contribution < -0.4 is 0 Å². The van der Waals surface area contributed by atoms with Crippen LogP contribution in [-0.2, 0) is 11.0 Å². The minimum absolute atomic E-state index is 0.0359. The molecule has 1 heterocycles. The van der Waals surface area contributed by atoms with Crippen molar-refractivity contribution in [1.29, 1.82) is 0 Å². The van der Waals surface area contributed by atoms with Gasteiger partial charge in [-0.3, -0.25) is 9.59 Å². The first-order valence-corrected chi connectivity index (χ1v) is 6.39. The summed E-state index contributed by atoms with van der Waals surface area (Å²) >= 11 is 0. The van der Waals surface area contributed by atoms with Crippen LogP contribution in [0.5, 0.6) is 0 Å². The Labute approximate surface area is 119 Å². The van der Waals surface area contributed by atoms with Crippen LogP contribution in [0.1, 0.15) is 22.8 Å². The topological polar surface area (TPSA) is 57.6 Å². The number of rotatable bonds is 3. The number of carboxylic acid groups (broad SMARTS) is 1. The predicted octanol–water partition coefficient (Wildman–Crippen LogP) is 2.50. The average Bonchev–Trinajstić information content (AvgIpc) is 2.35. The second kappa shape index (κ2) is 5.38. The number of benzene rings is 1. The minimum atomic E-state index is -4.49. The SMILES string of the molecule is CC(C(=O)O)C1CN(C(=O)c2cccc(C(F)(F)F)c2)C1. The van der Waals surface area contributed by atoms with Crippen molar-refractivity contribution in [2.75, 3.05) is 13.1 Å². The van der Waals surface area contributed by atoms with Gasteiger partial charge >= 0.3 is 12.1 Å². The molecule has 7 heteroatoms. The zero-order chi connectivity index (χ0) is 15.8. The zero-order valence-corrected chi connectivity index (χ0v) is 11.2. The number of carbonyl (C=O) groups excluding carboxylic acids is 1. The molecule has 1 aromatic rings. The van der Waals surface area contributed by atoms with Crippen LogP contribution in [-0.4, -0.2) is 35.0 Å². The van der Waals surface area contributed by atoms with Gasteiger partial charge in [-0.25, -0.2) is 0 Å². The molecule has 2 rings (SSSR count). The molecule has 1 N–H and O–H groups in total. The van der Waals surface area contributed by atoms with E-state index in [0.717, 1.165) is 12.1 Å². The average molecular weight is 301 g/mol. The second-order valence-corrected chi connectivity index (χ2v) is 5.18. The Morgan fingerprint density at radius 3 is 2.48 bits per heavy atom. The van der Waals surface area contributed by atoms with Crippen molar-refractivity contribution in [3.8, 4) is 0 Å². The first-order valence-electron chi connectivity index (χ1n) is 6.39. The molecule has 1 unspecified atom stereocenters. The summed E-state index contributed by atoms with van der Waals surface area (Å²) in [5.41, 5.74) is -0.907. The maximum absolute atomic E-state index is 12.6. The fourth-order valence-corrected chi connectivity index (χ4v) is 2.21. The first-order chi connectivity index (χ1) is 9.70. The Bertz CT molecular complexity index is 565. The van der Waals surface area contributed by atoms with E-state index in [4.69, 9.17) is 5.11 Å². The van der Waals surface area contributed by atoms with Gasteiger partial charge in [0.1, 0.15) is 0 Å². The Morgan fingerprint density at radius 1 is 1.33 bits per heavy atom. The Kier molecular flexibility index (Phi) is 3.93. The normalized spacial score (nSPS) is 17.2. The van der Waals surface area contributed by atoms with Gasteiger partial charge in [0.05, 0.1) is 11.5 Å². The highest BCUT2D eigenvalue weighted by Gasteiger charge is 2.38. The van der Waals surface area contributed by atoms with Crippen molar-refractivity contribution in [2.45, 2.75) is 13.1 Å². The molecule has 114 valence electrons. The highest BCUT2D eigenvalue weighted by Crippen LogP contribution is 2.31. The number of nitrogens with zero attached hydrogens (tertiary/aromatic N) is 1. The summed E-state index contributed by atoms with van der Waals surface area (Å²) in [6.07, 6.45) is -4.49. The predicted molar refractivity (Wildman–Crippen MR) is 67.6 cm³/mol. The molecule has 1 amide bonds. The van der Waals surface area contributed by atoms with Crippen LogP contribution in [0.3, 0.4) is 0 Å². The fraction of sp³-hybridized carbons (Fsp3) is 0.429. The van der Waals surface area contributed by atoms with E-state index in [9.17, 15) is 22.8 Å². The first kappa shape index (κ1) is 15.3. The number of hydrogen-bond donors (Lipinski definition) is 1. The van der Waals surface area contributed by atoms with E-state index >= 15 is 0 Å². The summed E-state index contributed by atoms with van der Waals surface area (Å²) in [5, 5.41) is 8.86. The lowest BCUT2D eigenvalue weighted by atomic mass is 9.86. The lowest BCUT2D eigenvalue weighted by Gasteiger charge is -2.41. The van der Waals surface area contributed by atoms with E-state index in [-0.39, 0.29) is 24.6 Å². The molecule has 0 aliphatic carbocycles. The van der Waals surface area contributed by atoms with Gasteiger partial charge in [0.2, 0.25) is 0 Å². The van der Waals surface area contributed by atoms with Gasteiger partial charge in [-0.1, -0.05) is 13.0 Å². The van der Waals surface area contributed by atoms with Crippen LogP contribution in [0.2, 0.25) is 0 Å². The lowest BCUT2D eigenvalue weighted by molar-refractivity contribution is -0.145. The molecule has 1 fully saturated rings. The van der Waals surface area contributed by atoms with Crippen molar-refractivity contribution in [1.82, 2.24) is 4.90 Å². The van der Waals surface area contributed by atoms with Crippen molar-refractivity contribution < 1.29 is 27.9 Å². The molecule has 1 aliphatic rings. The fourth-order valence-electron chi connectivity index (χ4n) is 2.21. The lowest BCUT2D eigenvalue weighted by Crippen LogP contribution is -2.53. The number of amides is 1. The smallest absolute Gasteiger partial charge is 0.416 e. The number of hydrogen-bond acceptors (Lipinski definition) is 2. The number of halogens is 3. The van der Waals surface area contributed by atoms with Crippen molar-refractivity contribution >= 4 is 11.9 Å². The summed E-state index contributed by atoms with van der Waals surface area (Å²) in [4.78, 5) is 24.2. The number of aliphatic carboxylic acids is 1. The van der Waals surface area contributed by atoms with E-state index in [0.29, 0.717) is 0 Å². The van der Waals surface area contributed by atoms with Gasteiger partial charge in [0.15, 0.2) is 0 Å². The standard InChI is InChI=1S/C14H14F3NO3/c1-8(13(20)21)10-6-18(7-10)12(19)9-3-2-4-11(5-9)14(15,16)17/h2-5,8,10H,6-7H2,1H3,(H,20,21). The molecule has 1 saturated heterocycles. The van der Waals surface area contributed by atoms with Gasteiger partial charge in [-0.05, 0) is 18.2 Å². The molecule has 21 heavy (non-hydrogen) atoms. The van der Waals surface area contributed by atoms with Crippen molar-refractivity contribution in [3.63, 3.8) is 0 Å². The van der Waals surface area contributed by atoms with Gasteiger partial charge in [-0.2, -0.15) is 13.2 Å². The number of carboxylic acids is 1. The summed E-state index contributed by atoms with van der Waals surface area (Å²) in [6, 6.07) is 4.23. The molecule has 1 atom stereocenters. The Hall–Kier alpha value is -2.05. The summed E-state index contributed by atoms with van der Waals surface area (Å²) in [6.45, 7) is 2.06. The summed E-state index contributed by atoms with van der Waals surface area (Å²) in [5.74, 6) is -2.17. The largest absolute Gasteiger partial charge is 0.481 e. The minimum Gasteiger partial charge on any atom is -0.481 e. The van der Waals surface area contributed by atoms with Crippen LogP contribution in [0, 0.1) is 11.8 Å². The molecule has 1 aliphatic heterocycles. The quantitative estimate of drug-likeness (QED) is 0.933. The maximum Gasteiger partial charge on any atom is 0.416 e. The van der Waals surface area contributed by atoms with Crippen LogP contribution in [0.4, 0.5) is 13.2 Å². The van der Waals surface area contributed by atoms with Crippen molar-refractivity contribution in [3.05, 3.63) is 35.4 Å². The zero-order valence-electron chi connectivity index (χ0n) is 11.2. The molecule has 0 radical (unpaired) electrons. The van der Waals surface area contributed by atoms with Crippen molar-refractivity contribution in [2.24, 2.45) is 11.8 Å². The van der Waals surface area contributed by atoms with E-state index in [2.05, 4.69) is 0 Å². The second-order valence-electron chi connectivity index (χ2n) is 5.18. The molecule has 0 aromatic heterocycles. The number of likely N-dealkylation sites (tertiary alicyclic amines) is 1.